The lowest BCUT2D eigenvalue weighted by Crippen LogP contribution is -1.99. The number of hydrogen-bond acceptors (Lipinski definition) is 4. The second-order valence-corrected chi connectivity index (χ2v) is 5.35. The average Bonchev–Trinajstić information content (AvgIpc) is 2.99. The Morgan fingerprint density at radius 3 is 3.00 bits per heavy atom. The van der Waals surface area contributed by atoms with Crippen molar-refractivity contribution in [3.8, 4) is 0 Å². The molecule has 2 aromatic heterocycles. The molecule has 106 valence electrons. The van der Waals surface area contributed by atoms with Crippen LogP contribution in [-0.2, 0) is 19.4 Å². The Morgan fingerprint density at radius 2 is 2.15 bits per heavy atom. The van der Waals surface area contributed by atoms with E-state index in [-0.39, 0.29) is 5.78 Å². The topological polar surface area (TPSA) is 60.9 Å². The number of fused-ring (bicyclic) bond motifs is 1. The number of nitrogens with zero attached hydrogens (tertiary/aromatic N) is 3. The average molecular weight is 273 g/mol. The molecule has 0 spiro atoms. The third kappa shape index (κ3) is 2.66. The highest BCUT2D eigenvalue weighted by Gasteiger charge is 2.18. The van der Waals surface area contributed by atoms with Crippen molar-refractivity contribution in [1.82, 2.24) is 14.7 Å². The van der Waals surface area contributed by atoms with Crippen molar-refractivity contribution in [2.24, 2.45) is 0 Å². The Kier molecular flexibility index (Phi) is 3.67. The minimum absolute atomic E-state index is 0.258. The van der Waals surface area contributed by atoms with E-state index in [9.17, 15) is 4.79 Å². The van der Waals surface area contributed by atoms with E-state index < -0.39 is 0 Å². The normalized spacial score (nSPS) is 15.2. The number of aromatic nitrogens is 3. The van der Waals surface area contributed by atoms with Gasteiger partial charge in [-0.2, -0.15) is 4.98 Å². The van der Waals surface area contributed by atoms with Gasteiger partial charge in [0.1, 0.15) is 6.54 Å². The van der Waals surface area contributed by atoms with Crippen LogP contribution in [0.2, 0.25) is 0 Å². The number of ketones is 1. The molecule has 2 aromatic rings. The summed E-state index contributed by atoms with van der Waals surface area (Å²) in [5.74, 6) is 1.62. The van der Waals surface area contributed by atoms with Gasteiger partial charge in [0.05, 0.1) is 0 Å². The standard InChI is InChI=1S/C15H19N3O2/c1-2-5-14-16-15(20-17-14)10-18-8-11-6-3-4-7-13(19)12(11)9-18/h8-9H,2-7,10H2,1H3. The molecule has 0 aromatic carbocycles. The van der Waals surface area contributed by atoms with Gasteiger partial charge in [-0.05, 0) is 31.2 Å². The van der Waals surface area contributed by atoms with Crippen LogP contribution in [0, 0.1) is 0 Å². The van der Waals surface area contributed by atoms with Crippen molar-refractivity contribution in [2.75, 3.05) is 0 Å². The van der Waals surface area contributed by atoms with Crippen LogP contribution >= 0.6 is 0 Å². The van der Waals surface area contributed by atoms with Crippen LogP contribution in [0.15, 0.2) is 16.9 Å². The fourth-order valence-corrected chi connectivity index (χ4v) is 2.67. The van der Waals surface area contributed by atoms with Gasteiger partial charge in [0.25, 0.3) is 0 Å². The van der Waals surface area contributed by atoms with Crippen molar-refractivity contribution in [3.63, 3.8) is 0 Å². The molecule has 0 atom stereocenters. The van der Waals surface area contributed by atoms with E-state index in [2.05, 4.69) is 17.1 Å². The van der Waals surface area contributed by atoms with Gasteiger partial charge in [0.2, 0.25) is 5.89 Å². The third-order valence-electron chi connectivity index (χ3n) is 3.66. The summed E-state index contributed by atoms with van der Waals surface area (Å²) >= 11 is 0. The molecular weight excluding hydrogens is 254 g/mol. The lowest BCUT2D eigenvalue weighted by atomic mass is 10.1. The van der Waals surface area contributed by atoms with Crippen LogP contribution in [-0.4, -0.2) is 20.5 Å². The summed E-state index contributed by atoms with van der Waals surface area (Å²) < 4.78 is 7.22. The van der Waals surface area contributed by atoms with Gasteiger partial charge in [-0.1, -0.05) is 12.1 Å². The fraction of sp³-hybridized carbons (Fsp3) is 0.533. The van der Waals surface area contributed by atoms with Crippen molar-refractivity contribution >= 4 is 5.78 Å². The van der Waals surface area contributed by atoms with Crippen molar-refractivity contribution in [1.29, 1.82) is 0 Å². The Labute approximate surface area is 118 Å². The van der Waals surface area contributed by atoms with Gasteiger partial charge >= 0.3 is 0 Å². The molecule has 5 nitrogen and oxygen atoms in total. The lowest BCUT2D eigenvalue weighted by Gasteiger charge is -1.97. The van der Waals surface area contributed by atoms with E-state index in [0.717, 1.165) is 49.1 Å². The zero-order valence-corrected chi connectivity index (χ0v) is 11.8. The monoisotopic (exact) mass is 273 g/mol. The number of rotatable bonds is 4. The van der Waals surface area contributed by atoms with Crippen molar-refractivity contribution in [3.05, 3.63) is 35.2 Å². The molecule has 3 rings (SSSR count). The number of aryl methyl sites for hydroxylation is 2. The molecule has 5 heteroatoms. The zero-order chi connectivity index (χ0) is 13.9. The molecule has 0 radical (unpaired) electrons. The third-order valence-corrected chi connectivity index (χ3v) is 3.66. The van der Waals surface area contributed by atoms with Crippen molar-refractivity contribution < 1.29 is 9.32 Å². The molecule has 0 saturated carbocycles. The molecule has 1 aliphatic rings. The lowest BCUT2D eigenvalue weighted by molar-refractivity contribution is 0.0982. The first kappa shape index (κ1) is 13.1. The predicted octanol–water partition coefficient (Wildman–Crippen LogP) is 2.78. The van der Waals surface area contributed by atoms with Gasteiger partial charge in [0, 0.05) is 30.8 Å². The molecular formula is C15H19N3O2. The first-order valence-corrected chi connectivity index (χ1v) is 7.29. The van der Waals surface area contributed by atoms with Crippen LogP contribution in [0.25, 0.3) is 0 Å². The Bertz CT molecular complexity index is 612. The molecule has 0 fully saturated rings. The van der Waals surface area contributed by atoms with Gasteiger partial charge in [-0.3, -0.25) is 4.79 Å². The van der Waals surface area contributed by atoms with Crippen LogP contribution in [0.5, 0.6) is 0 Å². The van der Waals surface area contributed by atoms with Gasteiger partial charge in [-0.15, -0.1) is 0 Å². The predicted molar refractivity (Wildman–Crippen MR) is 73.7 cm³/mol. The molecule has 20 heavy (non-hydrogen) atoms. The van der Waals surface area contributed by atoms with Crippen molar-refractivity contribution in [2.45, 2.75) is 52.0 Å². The van der Waals surface area contributed by atoms with Gasteiger partial charge < -0.3 is 9.09 Å². The molecule has 0 aliphatic heterocycles. The van der Waals surface area contributed by atoms with E-state index >= 15 is 0 Å². The fourth-order valence-electron chi connectivity index (χ4n) is 2.67. The molecule has 0 unspecified atom stereocenters. The van der Waals surface area contributed by atoms with Gasteiger partial charge in [0.15, 0.2) is 11.6 Å². The Balaban J connectivity index is 1.77. The second-order valence-electron chi connectivity index (χ2n) is 5.35. The summed E-state index contributed by atoms with van der Waals surface area (Å²) in [4.78, 5) is 16.4. The van der Waals surface area contributed by atoms with E-state index in [1.165, 1.54) is 0 Å². The summed E-state index contributed by atoms with van der Waals surface area (Å²) in [5, 5.41) is 3.95. The molecule has 2 heterocycles. The van der Waals surface area contributed by atoms with Crippen LogP contribution < -0.4 is 0 Å². The maximum Gasteiger partial charge on any atom is 0.246 e. The highest BCUT2D eigenvalue weighted by atomic mass is 16.5. The first-order chi connectivity index (χ1) is 9.76. The first-order valence-electron chi connectivity index (χ1n) is 7.29. The SMILES string of the molecule is CCCc1noc(Cn2cc3c(c2)C(=O)CCCC3)n1. The Morgan fingerprint density at radius 1 is 1.30 bits per heavy atom. The summed E-state index contributed by atoms with van der Waals surface area (Å²) in [6.45, 7) is 2.63. The number of carbonyl (C=O) groups excluding carboxylic acids is 1. The molecule has 1 aliphatic carbocycles. The number of hydrogen-bond donors (Lipinski definition) is 0. The van der Waals surface area contributed by atoms with Crippen LogP contribution in [0.3, 0.4) is 0 Å². The zero-order valence-electron chi connectivity index (χ0n) is 11.8. The number of Topliss-reactive ketones (excluding diaryl/α,β-unsaturated/α-hetero) is 1. The maximum atomic E-state index is 12.0. The minimum atomic E-state index is 0.258. The smallest absolute Gasteiger partial charge is 0.246 e. The van der Waals surface area contributed by atoms with E-state index in [1.54, 1.807) is 0 Å². The summed E-state index contributed by atoms with van der Waals surface area (Å²) in [5.41, 5.74) is 2.02. The second kappa shape index (κ2) is 5.61. The molecule has 0 bridgehead atoms. The maximum absolute atomic E-state index is 12.0. The quantitative estimate of drug-likeness (QED) is 0.804. The summed E-state index contributed by atoms with van der Waals surface area (Å²) in [6, 6.07) is 0. The van der Waals surface area contributed by atoms with E-state index in [1.807, 2.05) is 17.0 Å². The largest absolute Gasteiger partial charge is 0.344 e. The number of carbonyl (C=O) groups is 1. The highest BCUT2D eigenvalue weighted by molar-refractivity contribution is 5.97. The van der Waals surface area contributed by atoms with E-state index in [0.29, 0.717) is 18.9 Å². The molecule has 0 saturated heterocycles. The van der Waals surface area contributed by atoms with Gasteiger partial charge in [-0.25, -0.2) is 0 Å². The molecule has 0 N–H and O–H groups in total. The van der Waals surface area contributed by atoms with Crippen LogP contribution in [0.4, 0.5) is 0 Å². The highest BCUT2D eigenvalue weighted by Crippen LogP contribution is 2.22. The minimum Gasteiger partial charge on any atom is -0.344 e. The summed E-state index contributed by atoms with van der Waals surface area (Å²) in [6.07, 6.45) is 9.54. The molecule has 0 amide bonds. The van der Waals surface area contributed by atoms with Crippen LogP contribution in [0.1, 0.15) is 60.2 Å². The summed E-state index contributed by atoms with van der Waals surface area (Å²) in [7, 11) is 0. The van der Waals surface area contributed by atoms with E-state index in [4.69, 9.17) is 4.52 Å². The Hall–Kier alpha value is -1.91.